The lowest BCUT2D eigenvalue weighted by Gasteiger charge is -1.90. The first-order chi connectivity index (χ1) is 5.25. The van der Waals surface area contributed by atoms with Crippen LogP contribution in [0.1, 0.15) is 17.4 Å². The van der Waals surface area contributed by atoms with E-state index >= 15 is 0 Å². The van der Waals surface area contributed by atoms with Gasteiger partial charge in [0, 0.05) is 0 Å². The van der Waals surface area contributed by atoms with Gasteiger partial charge in [-0.2, -0.15) is 0 Å². The summed E-state index contributed by atoms with van der Waals surface area (Å²) in [6, 6.07) is 0. The molecule has 0 spiro atoms. The van der Waals surface area contributed by atoms with Gasteiger partial charge < -0.3 is 5.11 Å². The van der Waals surface area contributed by atoms with E-state index in [1.54, 1.807) is 0 Å². The maximum absolute atomic E-state index is 10.4. The van der Waals surface area contributed by atoms with E-state index in [9.17, 15) is 4.79 Å². The molecule has 0 radical (unpaired) electrons. The maximum atomic E-state index is 10.4. The van der Waals surface area contributed by atoms with Crippen LogP contribution in [0.2, 0.25) is 0 Å². The lowest BCUT2D eigenvalue weighted by atomic mass is 10.5. The number of nitrogens with zero attached hydrogens (tertiary/aromatic N) is 2. The Labute approximate surface area is 71.8 Å². The molecule has 0 aliphatic carbocycles. The number of carboxylic acid groups (broad SMARTS) is 1. The van der Waals surface area contributed by atoms with Gasteiger partial charge in [-0.15, -0.1) is 16.9 Å². The number of thioether (sulfide) groups is 1. The number of aromatic nitrogens is 2. The predicted molar refractivity (Wildman–Crippen MR) is 43.3 cm³/mol. The first kappa shape index (κ1) is 8.48. The van der Waals surface area contributed by atoms with Crippen molar-refractivity contribution in [1.82, 2.24) is 9.59 Å². The fourth-order valence-corrected chi connectivity index (χ4v) is 2.14. The summed E-state index contributed by atoms with van der Waals surface area (Å²) in [6.07, 6.45) is 0. The zero-order chi connectivity index (χ0) is 8.27. The van der Waals surface area contributed by atoms with Crippen LogP contribution < -0.4 is 0 Å². The van der Waals surface area contributed by atoms with Crippen LogP contribution in [0.3, 0.4) is 0 Å². The highest BCUT2D eigenvalue weighted by atomic mass is 32.2. The van der Waals surface area contributed by atoms with E-state index in [0.717, 1.165) is 17.3 Å². The second-order valence-electron chi connectivity index (χ2n) is 1.65. The molecule has 0 unspecified atom stereocenters. The Morgan fingerprint density at radius 3 is 3.09 bits per heavy atom. The van der Waals surface area contributed by atoms with Crippen LogP contribution in [0.5, 0.6) is 0 Å². The van der Waals surface area contributed by atoms with Gasteiger partial charge in [-0.1, -0.05) is 11.4 Å². The first-order valence-electron chi connectivity index (χ1n) is 2.94. The highest BCUT2D eigenvalue weighted by molar-refractivity contribution is 8.01. The SMILES string of the molecule is CCSc1snnc1C(=O)O. The number of carbonyl (C=O) groups is 1. The van der Waals surface area contributed by atoms with E-state index in [0.29, 0.717) is 4.21 Å². The van der Waals surface area contributed by atoms with Crippen molar-refractivity contribution in [3.63, 3.8) is 0 Å². The van der Waals surface area contributed by atoms with E-state index in [1.165, 1.54) is 11.8 Å². The molecule has 0 amide bonds. The molecule has 0 bridgehead atoms. The smallest absolute Gasteiger partial charge is 0.358 e. The number of carboxylic acids is 1. The Bertz CT molecular complexity index is 261. The van der Waals surface area contributed by atoms with Gasteiger partial charge >= 0.3 is 5.97 Å². The van der Waals surface area contributed by atoms with Crippen LogP contribution in [0, 0.1) is 0 Å². The maximum Gasteiger partial charge on any atom is 0.358 e. The van der Waals surface area contributed by atoms with Crippen molar-refractivity contribution in [3.8, 4) is 0 Å². The zero-order valence-electron chi connectivity index (χ0n) is 5.77. The molecule has 0 saturated carbocycles. The summed E-state index contributed by atoms with van der Waals surface area (Å²) < 4.78 is 4.23. The number of rotatable bonds is 3. The van der Waals surface area contributed by atoms with Crippen LogP contribution in [-0.2, 0) is 0 Å². The molecule has 6 heteroatoms. The normalized spacial score (nSPS) is 9.91. The quantitative estimate of drug-likeness (QED) is 0.729. The molecule has 11 heavy (non-hydrogen) atoms. The van der Waals surface area contributed by atoms with Crippen molar-refractivity contribution in [2.45, 2.75) is 11.1 Å². The van der Waals surface area contributed by atoms with Crippen molar-refractivity contribution >= 4 is 29.3 Å². The van der Waals surface area contributed by atoms with Gasteiger partial charge in [0.1, 0.15) is 4.21 Å². The summed E-state index contributed by atoms with van der Waals surface area (Å²) in [4.78, 5) is 10.4. The van der Waals surface area contributed by atoms with Crippen LogP contribution >= 0.6 is 23.3 Å². The van der Waals surface area contributed by atoms with Gasteiger partial charge in [0.25, 0.3) is 0 Å². The average Bonchev–Trinajstić information content (AvgIpc) is 2.36. The molecule has 0 aliphatic rings. The molecule has 1 rings (SSSR count). The van der Waals surface area contributed by atoms with Crippen molar-refractivity contribution in [1.29, 1.82) is 0 Å². The van der Waals surface area contributed by atoms with Crippen LogP contribution in [0.25, 0.3) is 0 Å². The standard InChI is InChI=1S/C5H6N2O2S2/c1-2-10-5-3(4(8)9)6-7-11-5/h2H2,1H3,(H,8,9). The summed E-state index contributed by atoms with van der Waals surface area (Å²) >= 11 is 2.57. The van der Waals surface area contributed by atoms with E-state index in [2.05, 4.69) is 9.59 Å². The van der Waals surface area contributed by atoms with E-state index < -0.39 is 5.97 Å². The average molecular weight is 190 g/mol. The minimum absolute atomic E-state index is 0.0712. The van der Waals surface area contributed by atoms with E-state index in [4.69, 9.17) is 5.11 Å². The highest BCUT2D eigenvalue weighted by Gasteiger charge is 2.14. The molecule has 0 saturated heterocycles. The highest BCUT2D eigenvalue weighted by Crippen LogP contribution is 2.24. The van der Waals surface area contributed by atoms with Crippen LogP contribution in [0.15, 0.2) is 4.21 Å². The summed E-state index contributed by atoms with van der Waals surface area (Å²) in [5.41, 5.74) is 0.0712. The molecule has 0 aliphatic heterocycles. The minimum atomic E-state index is -1.00. The third kappa shape index (κ3) is 1.90. The summed E-state index contributed by atoms with van der Waals surface area (Å²) in [5.74, 6) is -0.167. The van der Waals surface area contributed by atoms with E-state index in [-0.39, 0.29) is 5.69 Å². The number of hydrogen-bond acceptors (Lipinski definition) is 5. The Kier molecular flexibility index (Phi) is 2.84. The topological polar surface area (TPSA) is 63.1 Å². The molecule has 0 fully saturated rings. The monoisotopic (exact) mass is 190 g/mol. The molecular formula is C5H6N2O2S2. The van der Waals surface area contributed by atoms with Gasteiger partial charge in [0.2, 0.25) is 0 Å². The zero-order valence-corrected chi connectivity index (χ0v) is 7.41. The van der Waals surface area contributed by atoms with Gasteiger partial charge in [-0.05, 0) is 17.3 Å². The molecule has 0 atom stereocenters. The minimum Gasteiger partial charge on any atom is -0.476 e. The molecule has 1 aromatic rings. The van der Waals surface area contributed by atoms with E-state index in [1.807, 2.05) is 6.92 Å². The second-order valence-corrected chi connectivity index (χ2v) is 3.93. The van der Waals surface area contributed by atoms with Crippen LogP contribution in [0.4, 0.5) is 0 Å². The fourth-order valence-electron chi connectivity index (χ4n) is 0.538. The van der Waals surface area contributed by atoms with Gasteiger partial charge in [0.15, 0.2) is 5.69 Å². The molecule has 0 aromatic carbocycles. The van der Waals surface area contributed by atoms with Gasteiger partial charge in [-0.25, -0.2) is 4.79 Å². The van der Waals surface area contributed by atoms with Gasteiger partial charge in [-0.3, -0.25) is 0 Å². The van der Waals surface area contributed by atoms with Crippen molar-refractivity contribution in [2.75, 3.05) is 5.75 Å². The third-order valence-electron chi connectivity index (χ3n) is 0.936. The fraction of sp³-hybridized carbons (Fsp3) is 0.400. The number of aromatic carboxylic acids is 1. The second kappa shape index (κ2) is 3.68. The lowest BCUT2D eigenvalue weighted by molar-refractivity contribution is 0.0687. The summed E-state index contributed by atoms with van der Waals surface area (Å²) in [7, 11) is 0. The Morgan fingerprint density at radius 2 is 2.55 bits per heavy atom. The molecular weight excluding hydrogens is 184 g/mol. The summed E-state index contributed by atoms with van der Waals surface area (Å²) in [5, 5.41) is 12.1. The number of hydrogen-bond donors (Lipinski definition) is 1. The predicted octanol–water partition coefficient (Wildman–Crippen LogP) is 1.35. The van der Waals surface area contributed by atoms with Crippen molar-refractivity contribution < 1.29 is 9.90 Å². The lowest BCUT2D eigenvalue weighted by Crippen LogP contribution is -1.97. The Hall–Kier alpha value is -0.620. The molecule has 1 heterocycles. The summed E-state index contributed by atoms with van der Waals surface area (Å²) in [6.45, 7) is 1.95. The Morgan fingerprint density at radius 1 is 1.82 bits per heavy atom. The van der Waals surface area contributed by atoms with Crippen molar-refractivity contribution in [2.24, 2.45) is 0 Å². The molecule has 60 valence electrons. The first-order valence-corrected chi connectivity index (χ1v) is 4.70. The largest absolute Gasteiger partial charge is 0.476 e. The molecule has 1 aromatic heterocycles. The molecule has 1 N–H and O–H groups in total. The molecule has 4 nitrogen and oxygen atoms in total. The Balaban J connectivity index is 2.87. The van der Waals surface area contributed by atoms with Crippen molar-refractivity contribution in [3.05, 3.63) is 5.69 Å². The van der Waals surface area contributed by atoms with Crippen LogP contribution in [-0.4, -0.2) is 26.4 Å². The third-order valence-corrected chi connectivity index (χ3v) is 2.78. The van der Waals surface area contributed by atoms with Gasteiger partial charge in [0.05, 0.1) is 0 Å².